The van der Waals surface area contributed by atoms with Crippen molar-refractivity contribution in [2.24, 2.45) is 5.73 Å². The first-order chi connectivity index (χ1) is 4.02. The van der Waals surface area contributed by atoms with Gasteiger partial charge in [-0.05, 0) is 0 Å². The zero-order valence-electron chi connectivity index (χ0n) is 4.43. The molecule has 1 atom stereocenters. The quantitative estimate of drug-likeness (QED) is 0.571. The van der Waals surface area contributed by atoms with Crippen LogP contribution in [0, 0.1) is 0 Å². The summed E-state index contributed by atoms with van der Waals surface area (Å²) in [5.41, 5.74) is 4.46. The number of ether oxygens (including phenoxy) is 1. The predicted molar refractivity (Wildman–Crippen MR) is 24.0 cm³/mol. The fourth-order valence-corrected chi connectivity index (χ4v) is 0.456. The van der Waals surface area contributed by atoms with Crippen molar-refractivity contribution in [2.75, 3.05) is 0 Å². The van der Waals surface area contributed by atoms with E-state index >= 15 is 0 Å². The summed E-state index contributed by atoms with van der Waals surface area (Å²) in [6.45, 7) is 0. The molecule has 1 aliphatic carbocycles. The fourth-order valence-electron chi connectivity index (χ4n) is 0.456. The minimum Gasteiger partial charge on any atom is -0.440 e. The lowest BCUT2D eigenvalue weighted by atomic mass is 10.8. The van der Waals surface area contributed by atoms with E-state index in [1.807, 2.05) is 0 Å². The van der Waals surface area contributed by atoms with Crippen molar-refractivity contribution in [3.63, 3.8) is 0 Å². The monoisotopic (exact) mass is 137 g/mol. The number of primary amides is 1. The number of amides is 1. The number of hydrogen-bond donors (Lipinski definition) is 1. The van der Waals surface area contributed by atoms with Gasteiger partial charge >= 0.3 is 6.09 Å². The van der Waals surface area contributed by atoms with Crippen molar-refractivity contribution < 1.29 is 18.3 Å². The van der Waals surface area contributed by atoms with E-state index in [0.717, 1.165) is 0 Å². The molecule has 5 heteroatoms. The fraction of sp³-hybridized carbons (Fsp3) is 0.750. The summed E-state index contributed by atoms with van der Waals surface area (Å²) in [4.78, 5) is 9.80. The van der Waals surface area contributed by atoms with Gasteiger partial charge in [-0.1, -0.05) is 0 Å². The van der Waals surface area contributed by atoms with E-state index in [0.29, 0.717) is 0 Å². The molecule has 9 heavy (non-hydrogen) atoms. The van der Waals surface area contributed by atoms with Crippen LogP contribution in [0.2, 0.25) is 0 Å². The van der Waals surface area contributed by atoms with Crippen LogP contribution in [0.15, 0.2) is 0 Å². The van der Waals surface area contributed by atoms with E-state index < -0.39 is 24.5 Å². The van der Waals surface area contributed by atoms with Crippen LogP contribution in [-0.4, -0.2) is 18.1 Å². The maximum atomic E-state index is 11.8. The molecule has 1 aliphatic rings. The highest BCUT2D eigenvalue weighted by atomic mass is 19.3. The minimum atomic E-state index is -2.82. The number of rotatable bonds is 1. The zero-order valence-corrected chi connectivity index (χ0v) is 4.43. The number of nitrogens with two attached hydrogens (primary N) is 1. The van der Waals surface area contributed by atoms with Crippen LogP contribution in [0.4, 0.5) is 13.6 Å². The van der Waals surface area contributed by atoms with Gasteiger partial charge < -0.3 is 10.5 Å². The molecule has 1 fully saturated rings. The Labute approximate surface area is 49.8 Å². The normalized spacial score (nSPS) is 29.3. The minimum absolute atomic E-state index is 0.393. The first-order valence-electron chi connectivity index (χ1n) is 2.36. The maximum Gasteiger partial charge on any atom is 0.404 e. The summed E-state index contributed by atoms with van der Waals surface area (Å²) < 4.78 is 27.6. The molecule has 0 heterocycles. The van der Waals surface area contributed by atoms with Crippen LogP contribution in [0.3, 0.4) is 0 Å². The second-order valence-electron chi connectivity index (χ2n) is 1.89. The molecule has 1 unspecified atom stereocenters. The SMILES string of the molecule is NC(=O)OC1CC1(F)F. The third-order valence-electron chi connectivity index (χ3n) is 1.03. The molecular weight excluding hydrogens is 132 g/mol. The van der Waals surface area contributed by atoms with E-state index in [9.17, 15) is 13.6 Å². The molecule has 52 valence electrons. The summed E-state index contributed by atoms with van der Waals surface area (Å²) in [6, 6.07) is 0. The van der Waals surface area contributed by atoms with E-state index in [4.69, 9.17) is 0 Å². The molecule has 0 aromatic carbocycles. The smallest absolute Gasteiger partial charge is 0.404 e. The van der Waals surface area contributed by atoms with Crippen molar-refractivity contribution in [2.45, 2.75) is 18.4 Å². The molecular formula is C4H5F2NO2. The van der Waals surface area contributed by atoms with Crippen molar-refractivity contribution >= 4 is 6.09 Å². The number of hydrogen-bond acceptors (Lipinski definition) is 2. The lowest BCUT2D eigenvalue weighted by molar-refractivity contribution is 0.0448. The molecule has 0 aliphatic heterocycles. The van der Waals surface area contributed by atoms with Crippen LogP contribution < -0.4 is 5.73 Å². The average molecular weight is 137 g/mol. The van der Waals surface area contributed by atoms with Crippen LogP contribution in [0.1, 0.15) is 6.42 Å². The van der Waals surface area contributed by atoms with Crippen LogP contribution in [0.25, 0.3) is 0 Å². The second-order valence-corrected chi connectivity index (χ2v) is 1.89. The number of carbonyl (C=O) groups excluding carboxylic acids is 1. The lowest BCUT2D eigenvalue weighted by Crippen LogP contribution is -2.17. The van der Waals surface area contributed by atoms with Crippen LogP contribution in [0.5, 0.6) is 0 Å². The predicted octanol–water partition coefficient (Wildman–Crippen LogP) is 0.489. The Hall–Kier alpha value is -0.870. The van der Waals surface area contributed by atoms with Gasteiger partial charge in [0.25, 0.3) is 5.92 Å². The summed E-state index contributed by atoms with van der Waals surface area (Å²) in [5.74, 6) is -2.82. The molecule has 0 radical (unpaired) electrons. The second kappa shape index (κ2) is 1.55. The third kappa shape index (κ3) is 1.28. The van der Waals surface area contributed by atoms with Gasteiger partial charge in [-0.25, -0.2) is 13.6 Å². The van der Waals surface area contributed by atoms with Gasteiger partial charge in [0.15, 0.2) is 6.10 Å². The highest BCUT2D eigenvalue weighted by molar-refractivity contribution is 5.65. The van der Waals surface area contributed by atoms with Gasteiger partial charge in [0.05, 0.1) is 6.42 Å². The summed E-state index contributed by atoms with van der Waals surface area (Å²) in [6.07, 6.45) is -2.80. The molecule has 0 saturated heterocycles. The molecule has 0 aromatic rings. The van der Waals surface area contributed by atoms with Gasteiger partial charge in [-0.3, -0.25) is 0 Å². The van der Waals surface area contributed by atoms with E-state index in [2.05, 4.69) is 10.5 Å². The van der Waals surface area contributed by atoms with Crippen molar-refractivity contribution in [3.05, 3.63) is 0 Å². The molecule has 0 aromatic heterocycles. The molecule has 0 spiro atoms. The van der Waals surface area contributed by atoms with E-state index in [1.165, 1.54) is 0 Å². The molecule has 2 N–H and O–H groups in total. The first kappa shape index (κ1) is 6.25. The topological polar surface area (TPSA) is 52.3 Å². The van der Waals surface area contributed by atoms with Crippen LogP contribution in [-0.2, 0) is 4.74 Å². The van der Waals surface area contributed by atoms with E-state index in [1.54, 1.807) is 0 Å². The molecule has 1 amide bonds. The summed E-state index contributed by atoms with van der Waals surface area (Å²) >= 11 is 0. The number of halogens is 2. The molecule has 1 rings (SSSR count). The van der Waals surface area contributed by atoms with Gasteiger partial charge in [-0.15, -0.1) is 0 Å². The van der Waals surface area contributed by atoms with Crippen molar-refractivity contribution in [1.29, 1.82) is 0 Å². The average Bonchev–Trinajstić information content (AvgIpc) is 2.10. The Morgan fingerprint density at radius 3 is 2.33 bits per heavy atom. The highest BCUT2D eigenvalue weighted by Crippen LogP contribution is 2.44. The standard InChI is InChI=1S/C4H5F2NO2/c5-4(6)1-2(4)9-3(7)8/h2H,1H2,(H2,7,8). The zero-order chi connectivity index (χ0) is 7.07. The van der Waals surface area contributed by atoms with Gasteiger partial charge in [0.2, 0.25) is 0 Å². The first-order valence-corrected chi connectivity index (χ1v) is 2.36. The molecule has 0 bridgehead atoms. The maximum absolute atomic E-state index is 11.8. The largest absolute Gasteiger partial charge is 0.440 e. The summed E-state index contributed by atoms with van der Waals surface area (Å²) in [7, 11) is 0. The third-order valence-corrected chi connectivity index (χ3v) is 1.03. The Morgan fingerprint density at radius 1 is 1.78 bits per heavy atom. The lowest BCUT2D eigenvalue weighted by Gasteiger charge is -1.95. The van der Waals surface area contributed by atoms with Crippen molar-refractivity contribution in [1.82, 2.24) is 0 Å². The molecule has 1 saturated carbocycles. The number of carbonyl (C=O) groups is 1. The van der Waals surface area contributed by atoms with Gasteiger partial charge in [0, 0.05) is 0 Å². The van der Waals surface area contributed by atoms with Gasteiger partial charge in [0.1, 0.15) is 0 Å². The Morgan fingerprint density at radius 2 is 2.22 bits per heavy atom. The van der Waals surface area contributed by atoms with Crippen molar-refractivity contribution in [3.8, 4) is 0 Å². The van der Waals surface area contributed by atoms with E-state index in [-0.39, 0.29) is 0 Å². The Balaban J connectivity index is 2.28. The Kier molecular flexibility index (Phi) is 1.08. The molecule has 3 nitrogen and oxygen atoms in total. The number of alkyl halides is 2. The highest BCUT2D eigenvalue weighted by Gasteiger charge is 2.60. The van der Waals surface area contributed by atoms with Gasteiger partial charge in [-0.2, -0.15) is 0 Å². The van der Waals surface area contributed by atoms with Crippen LogP contribution >= 0.6 is 0 Å². The Bertz CT molecular complexity index is 148. The summed E-state index contributed by atoms with van der Waals surface area (Å²) in [5, 5.41) is 0.